The minimum atomic E-state index is -3.03. The average Bonchev–Trinajstić information content (AvgIpc) is 2.75. The molecule has 2 N–H and O–H groups in total. The molecule has 1 saturated heterocycles. The fourth-order valence-electron chi connectivity index (χ4n) is 2.51. The van der Waals surface area contributed by atoms with Gasteiger partial charge in [-0.15, -0.1) is 0 Å². The number of nitrogens with two attached hydrogens (primary N) is 1. The van der Waals surface area contributed by atoms with Crippen molar-refractivity contribution in [3.05, 3.63) is 29.8 Å². The maximum atomic E-state index is 12.4. The molecule has 0 spiro atoms. The zero-order valence-electron chi connectivity index (χ0n) is 11.6. The first-order valence-electron chi connectivity index (χ1n) is 6.75. The number of amides is 1. The van der Waals surface area contributed by atoms with Crippen LogP contribution in [0.3, 0.4) is 0 Å². The highest BCUT2D eigenvalue weighted by atomic mass is 32.2. The van der Waals surface area contributed by atoms with Crippen LogP contribution in [0.2, 0.25) is 0 Å². The predicted octanol–water partition coefficient (Wildman–Crippen LogP) is 1.05. The molecule has 0 aliphatic carbocycles. The number of anilines is 1. The molecular formula is C14H20N2O3S. The zero-order chi connectivity index (χ0) is 14.8. The Labute approximate surface area is 119 Å². The van der Waals surface area contributed by atoms with Crippen molar-refractivity contribution in [2.45, 2.75) is 19.9 Å². The van der Waals surface area contributed by atoms with Gasteiger partial charge >= 0.3 is 0 Å². The van der Waals surface area contributed by atoms with Gasteiger partial charge in [0.2, 0.25) is 5.91 Å². The standard InChI is InChI=1S/C14H20N2O3S/c1-2-16(9-11-4-3-5-13(15)8-11)14(17)12-6-7-20(18,19)10-12/h3-5,8,12H,2,6-7,9-10,15H2,1H3. The summed E-state index contributed by atoms with van der Waals surface area (Å²) in [5.41, 5.74) is 7.35. The summed E-state index contributed by atoms with van der Waals surface area (Å²) >= 11 is 0. The fourth-order valence-corrected chi connectivity index (χ4v) is 4.24. The molecule has 20 heavy (non-hydrogen) atoms. The summed E-state index contributed by atoms with van der Waals surface area (Å²) < 4.78 is 22.9. The second kappa shape index (κ2) is 5.83. The SMILES string of the molecule is CCN(Cc1cccc(N)c1)C(=O)C1CCS(=O)(=O)C1. The lowest BCUT2D eigenvalue weighted by atomic mass is 10.1. The van der Waals surface area contributed by atoms with Crippen LogP contribution in [-0.2, 0) is 21.2 Å². The number of sulfone groups is 1. The zero-order valence-corrected chi connectivity index (χ0v) is 12.4. The molecule has 1 fully saturated rings. The molecule has 6 heteroatoms. The Kier molecular flexibility index (Phi) is 4.32. The number of nitrogens with zero attached hydrogens (tertiary/aromatic N) is 1. The maximum absolute atomic E-state index is 12.4. The summed E-state index contributed by atoms with van der Waals surface area (Å²) in [6, 6.07) is 7.40. The lowest BCUT2D eigenvalue weighted by molar-refractivity contribution is -0.135. The van der Waals surface area contributed by atoms with E-state index in [-0.39, 0.29) is 23.3 Å². The number of hydrogen-bond donors (Lipinski definition) is 1. The number of rotatable bonds is 4. The normalized spacial score (nSPS) is 20.8. The number of carbonyl (C=O) groups is 1. The molecule has 0 saturated carbocycles. The number of nitrogen functional groups attached to an aromatic ring is 1. The van der Waals surface area contributed by atoms with E-state index in [4.69, 9.17) is 5.73 Å². The van der Waals surface area contributed by atoms with Crippen LogP contribution in [-0.4, -0.2) is 37.3 Å². The lowest BCUT2D eigenvalue weighted by Crippen LogP contribution is -2.36. The van der Waals surface area contributed by atoms with Gasteiger partial charge in [-0.2, -0.15) is 0 Å². The van der Waals surface area contributed by atoms with E-state index in [1.54, 1.807) is 11.0 Å². The van der Waals surface area contributed by atoms with Gasteiger partial charge in [0.05, 0.1) is 17.4 Å². The van der Waals surface area contributed by atoms with Gasteiger partial charge < -0.3 is 10.6 Å². The summed E-state index contributed by atoms with van der Waals surface area (Å²) in [7, 11) is -3.03. The molecule has 5 nitrogen and oxygen atoms in total. The molecule has 1 unspecified atom stereocenters. The van der Waals surface area contributed by atoms with E-state index in [1.807, 2.05) is 25.1 Å². The highest BCUT2D eigenvalue weighted by Crippen LogP contribution is 2.22. The molecule has 1 aromatic carbocycles. The van der Waals surface area contributed by atoms with Crippen molar-refractivity contribution in [2.75, 3.05) is 23.8 Å². The molecule has 1 amide bonds. The first kappa shape index (κ1) is 14.8. The lowest BCUT2D eigenvalue weighted by Gasteiger charge is -2.24. The molecule has 110 valence electrons. The smallest absolute Gasteiger partial charge is 0.227 e. The van der Waals surface area contributed by atoms with Crippen LogP contribution < -0.4 is 5.73 Å². The van der Waals surface area contributed by atoms with E-state index in [2.05, 4.69) is 0 Å². The molecule has 0 aromatic heterocycles. The third kappa shape index (κ3) is 3.50. The second-order valence-electron chi connectivity index (χ2n) is 5.20. The van der Waals surface area contributed by atoms with E-state index >= 15 is 0 Å². The van der Waals surface area contributed by atoms with Gasteiger partial charge in [-0.1, -0.05) is 12.1 Å². The van der Waals surface area contributed by atoms with Crippen molar-refractivity contribution in [3.8, 4) is 0 Å². The predicted molar refractivity (Wildman–Crippen MR) is 78.7 cm³/mol. The van der Waals surface area contributed by atoms with Gasteiger partial charge in [-0.05, 0) is 31.0 Å². The van der Waals surface area contributed by atoms with E-state index < -0.39 is 9.84 Å². The molecule has 1 heterocycles. The Hall–Kier alpha value is -1.56. The molecular weight excluding hydrogens is 276 g/mol. The van der Waals surface area contributed by atoms with Crippen LogP contribution in [0.25, 0.3) is 0 Å². The Morgan fingerprint density at radius 2 is 2.20 bits per heavy atom. The molecule has 1 aliphatic rings. The quantitative estimate of drug-likeness (QED) is 0.842. The van der Waals surface area contributed by atoms with Crippen LogP contribution in [0.1, 0.15) is 18.9 Å². The van der Waals surface area contributed by atoms with Gasteiger partial charge in [-0.25, -0.2) is 8.42 Å². The minimum absolute atomic E-state index is 0.0146. The summed E-state index contributed by atoms with van der Waals surface area (Å²) in [6.07, 6.45) is 0.439. The number of benzene rings is 1. The van der Waals surface area contributed by atoms with Crippen molar-refractivity contribution in [1.29, 1.82) is 0 Å². The third-order valence-electron chi connectivity index (χ3n) is 3.60. The monoisotopic (exact) mass is 296 g/mol. The molecule has 1 atom stereocenters. The van der Waals surface area contributed by atoms with Crippen LogP contribution in [0.15, 0.2) is 24.3 Å². The summed E-state index contributed by atoms with van der Waals surface area (Å²) in [5, 5.41) is 0. The summed E-state index contributed by atoms with van der Waals surface area (Å²) in [4.78, 5) is 14.1. The van der Waals surface area contributed by atoms with E-state index in [0.717, 1.165) is 5.56 Å². The number of hydrogen-bond acceptors (Lipinski definition) is 4. The van der Waals surface area contributed by atoms with Gasteiger partial charge in [0, 0.05) is 18.8 Å². The van der Waals surface area contributed by atoms with Crippen LogP contribution in [0, 0.1) is 5.92 Å². The van der Waals surface area contributed by atoms with E-state index in [1.165, 1.54) is 0 Å². The average molecular weight is 296 g/mol. The van der Waals surface area contributed by atoms with Crippen molar-refractivity contribution in [2.24, 2.45) is 5.92 Å². The molecule has 2 rings (SSSR count). The maximum Gasteiger partial charge on any atom is 0.227 e. The van der Waals surface area contributed by atoms with Gasteiger partial charge in [0.1, 0.15) is 0 Å². The van der Waals surface area contributed by atoms with Gasteiger partial charge in [0.25, 0.3) is 0 Å². The van der Waals surface area contributed by atoms with Crippen molar-refractivity contribution < 1.29 is 13.2 Å². The largest absolute Gasteiger partial charge is 0.399 e. The first-order valence-corrected chi connectivity index (χ1v) is 8.57. The molecule has 0 bridgehead atoms. The fraction of sp³-hybridized carbons (Fsp3) is 0.500. The minimum Gasteiger partial charge on any atom is -0.399 e. The Bertz CT molecular complexity index is 598. The van der Waals surface area contributed by atoms with E-state index in [9.17, 15) is 13.2 Å². The third-order valence-corrected chi connectivity index (χ3v) is 5.37. The van der Waals surface area contributed by atoms with Crippen molar-refractivity contribution >= 4 is 21.4 Å². The molecule has 1 aromatic rings. The summed E-state index contributed by atoms with van der Waals surface area (Å²) in [5.74, 6) is -0.351. The second-order valence-corrected chi connectivity index (χ2v) is 7.43. The van der Waals surface area contributed by atoms with Crippen LogP contribution in [0.4, 0.5) is 5.69 Å². The van der Waals surface area contributed by atoms with Crippen LogP contribution in [0.5, 0.6) is 0 Å². The Balaban J connectivity index is 2.07. The topological polar surface area (TPSA) is 80.5 Å². The van der Waals surface area contributed by atoms with Crippen molar-refractivity contribution in [1.82, 2.24) is 4.90 Å². The first-order chi connectivity index (χ1) is 9.41. The van der Waals surface area contributed by atoms with Gasteiger partial charge in [-0.3, -0.25) is 4.79 Å². The summed E-state index contributed by atoms with van der Waals surface area (Å²) in [6.45, 7) is 2.93. The highest BCUT2D eigenvalue weighted by Gasteiger charge is 2.34. The number of carbonyl (C=O) groups excluding carboxylic acids is 1. The van der Waals surface area contributed by atoms with Crippen molar-refractivity contribution in [3.63, 3.8) is 0 Å². The Morgan fingerprint density at radius 3 is 2.75 bits per heavy atom. The van der Waals surface area contributed by atoms with E-state index in [0.29, 0.717) is 25.2 Å². The Morgan fingerprint density at radius 1 is 1.45 bits per heavy atom. The van der Waals surface area contributed by atoms with Gasteiger partial charge in [0.15, 0.2) is 9.84 Å². The molecule has 0 radical (unpaired) electrons. The highest BCUT2D eigenvalue weighted by molar-refractivity contribution is 7.91. The van der Waals surface area contributed by atoms with Crippen LogP contribution >= 0.6 is 0 Å². The molecule has 1 aliphatic heterocycles.